The van der Waals surface area contributed by atoms with Crippen molar-refractivity contribution in [1.29, 1.82) is 0 Å². The molecule has 0 atom stereocenters. The van der Waals surface area contributed by atoms with Crippen molar-refractivity contribution in [3.63, 3.8) is 0 Å². The number of rotatable bonds is 6. The molecule has 0 fully saturated rings. The lowest BCUT2D eigenvalue weighted by molar-refractivity contribution is 0.601. The van der Waals surface area contributed by atoms with Gasteiger partial charge < -0.3 is 0 Å². The molecule has 1 N–H and O–H groups in total. The van der Waals surface area contributed by atoms with Crippen molar-refractivity contribution in [2.45, 2.75) is 31.6 Å². The summed E-state index contributed by atoms with van der Waals surface area (Å²) in [7, 11) is -2.07. The molecule has 160 valence electrons. The van der Waals surface area contributed by atoms with Crippen LogP contribution in [0.3, 0.4) is 0 Å². The topological polar surface area (TPSA) is 103 Å². The predicted molar refractivity (Wildman–Crippen MR) is 121 cm³/mol. The van der Waals surface area contributed by atoms with E-state index in [9.17, 15) is 8.42 Å². The standard InChI is InChI=1S/C21H22N6O2S2/c1-13(2)21-25-19(20(30-21)18-8-9-22-14(3)24-18)15-6-5-7-16(10-15)26-31(28,29)17-11-23-27(4)12-17/h5-13,26H,1-4H3. The largest absolute Gasteiger partial charge is 0.280 e. The predicted octanol–water partition coefficient (Wildman–Crippen LogP) is 4.23. The molecule has 0 bridgehead atoms. The minimum atomic E-state index is -3.74. The summed E-state index contributed by atoms with van der Waals surface area (Å²) in [5, 5.41) is 4.93. The maximum Gasteiger partial charge on any atom is 0.265 e. The van der Waals surface area contributed by atoms with Crippen molar-refractivity contribution in [1.82, 2.24) is 24.7 Å². The molecule has 0 aliphatic rings. The van der Waals surface area contributed by atoms with Gasteiger partial charge in [0.15, 0.2) is 0 Å². The van der Waals surface area contributed by atoms with Crippen LogP contribution in [0.15, 0.2) is 53.8 Å². The first kappa shape index (κ1) is 21.1. The van der Waals surface area contributed by atoms with Gasteiger partial charge >= 0.3 is 0 Å². The molecule has 31 heavy (non-hydrogen) atoms. The Morgan fingerprint density at radius 2 is 1.97 bits per heavy atom. The second-order valence-electron chi connectivity index (χ2n) is 7.41. The number of nitrogens with zero attached hydrogens (tertiary/aromatic N) is 5. The molecule has 3 aromatic heterocycles. The fourth-order valence-corrected chi connectivity index (χ4v) is 5.11. The Balaban J connectivity index is 1.75. The molecule has 3 heterocycles. The zero-order valence-electron chi connectivity index (χ0n) is 17.6. The fourth-order valence-electron chi connectivity index (χ4n) is 3.02. The second kappa shape index (κ2) is 8.20. The van der Waals surface area contributed by atoms with Crippen molar-refractivity contribution < 1.29 is 8.42 Å². The molecule has 0 amide bonds. The molecule has 0 unspecified atom stereocenters. The van der Waals surface area contributed by atoms with Crippen LogP contribution >= 0.6 is 11.3 Å². The summed E-state index contributed by atoms with van der Waals surface area (Å²) in [5.41, 5.74) is 2.83. The van der Waals surface area contributed by atoms with Crippen LogP contribution in [0.1, 0.15) is 30.6 Å². The summed E-state index contributed by atoms with van der Waals surface area (Å²) in [6.45, 7) is 6.04. The van der Waals surface area contributed by atoms with Crippen LogP contribution < -0.4 is 4.72 Å². The SMILES string of the molecule is Cc1nccc(-c2sc(C(C)C)nc2-c2cccc(NS(=O)(=O)c3cnn(C)c3)c2)n1. The summed E-state index contributed by atoms with van der Waals surface area (Å²) in [5.74, 6) is 0.939. The van der Waals surface area contributed by atoms with Crippen molar-refractivity contribution in [2.75, 3.05) is 4.72 Å². The van der Waals surface area contributed by atoms with E-state index in [1.54, 1.807) is 42.8 Å². The van der Waals surface area contributed by atoms with Crippen molar-refractivity contribution in [3.8, 4) is 21.8 Å². The number of hydrogen-bond donors (Lipinski definition) is 1. The zero-order chi connectivity index (χ0) is 22.2. The highest BCUT2D eigenvalue weighted by molar-refractivity contribution is 7.92. The number of thiazole rings is 1. The summed E-state index contributed by atoms with van der Waals surface area (Å²) in [4.78, 5) is 14.6. The summed E-state index contributed by atoms with van der Waals surface area (Å²) in [6, 6.07) is 9.08. The summed E-state index contributed by atoms with van der Waals surface area (Å²) >= 11 is 1.59. The quantitative estimate of drug-likeness (QED) is 0.468. The van der Waals surface area contributed by atoms with Crippen LogP contribution in [0, 0.1) is 6.92 Å². The molecular formula is C21H22N6O2S2. The zero-order valence-corrected chi connectivity index (χ0v) is 19.2. The monoisotopic (exact) mass is 454 g/mol. The Morgan fingerprint density at radius 1 is 1.16 bits per heavy atom. The molecule has 10 heteroatoms. The molecule has 8 nitrogen and oxygen atoms in total. The van der Waals surface area contributed by atoms with E-state index < -0.39 is 10.0 Å². The molecule has 0 saturated heterocycles. The molecule has 0 aliphatic heterocycles. The lowest BCUT2D eigenvalue weighted by Crippen LogP contribution is -2.12. The normalized spacial score (nSPS) is 11.8. The third kappa shape index (κ3) is 4.49. The Bertz CT molecular complexity index is 1340. The summed E-state index contributed by atoms with van der Waals surface area (Å²) < 4.78 is 29.4. The van der Waals surface area contributed by atoms with E-state index in [4.69, 9.17) is 4.98 Å². The first-order chi connectivity index (χ1) is 14.7. The highest BCUT2D eigenvalue weighted by Gasteiger charge is 2.20. The van der Waals surface area contributed by atoms with Crippen molar-refractivity contribution in [2.24, 2.45) is 7.05 Å². The number of anilines is 1. The van der Waals surface area contributed by atoms with E-state index >= 15 is 0 Å². The lowest BCUT2D eigenvalue weighted by Gasteiger charge is -2.08. The van der Waals surface area contributed by atoms with Crippen LogP contribution in [0.4, 0.5) is 5.69 Å². The van der Waals surface area contributed by atoms with Crippen LogP contribution in [0.25, 0.3) is 21.8 Å². The molecule has 4 aromatic rings. The third-order valence-electron chi connectivity index (χ3n) is 4.53. The van der Waals surface area contributed by atoms with E-state index in [0.29, 0.717) is 11.5 Å². The van der Waals surface area contributed by atoms with Gasteiger partial charge in [0, 0.05) is 36.6 Å². The molecule has 4 rings (SSSR count). The van der Waals surface area contributed by atoms with Gasteiger partial charge in [-0.15, -0.1) is 11.3 Å². The molecule has 0 aliphatic carbocycles. The summed E-state index contributed by atoms with van der Waals surface area (Å²) in [6.07, 6.45) is 4.50. The number of nitrogens with one attached hydrogen (secondary N) is 1. The number of aromatic nitrogens is 5. The van der Waals surface area contributed by atoms with E-state index in [2.05, 4.69) is 33.6 Å². The molecule has 0 spiro atoms. The van der Waals surface area contributed by atoms with E-state index in [1.807, 2.05) is 19.1 Å². The fraction of sp³-hybridized carbons (Fsp3) is 0.238. The maximum atomic E-state index is 12.7. The van der Waals surface area contributed by atoms with Crippen LogP contribution in [0.2, 0.25) is 0 Å². The highest BCUT2D eigenvalue weighted by Crippen LogP contribution is 2.39. The Kier molecular flexibility index (Phi) is 5.59. The Hall–Kier alpha value is -3.11. The van der Waals surface area contributed by atoms with Crippen LogP contribution in [0.5, 0.6) is 0 Å². The average Bonchev–Trinajstić information content (AvgIpc) is 3.35. The van der Waals surface area contributed by atoms with Gasteiger partial charge in [-0.25, -0.2) is 23.4 Å². The number of aryl methyl sites for hydroxylation is 2. The van der Waals surface area contributed by atoms with Crippen molar-refractivity contribution in [3.05, 3.63) is 59.8 Å². The molecular weight excluding hydrogens is 432 g/mol. The second-order valence-corrected chi connectivity index (χ2v) is 10.1. The Labute approximate surface area is 185 Å². The van der Waals surface area contributed by atoms with Gasteiger partial charge in [0.25, 0.3) is 10.0 Å². The highest BCUT2D eigenvalue weighted by atomic mass is 32.2. The number of sulfonamides is 1. The van der Waals surface area contributed by atoms with Gasteiger partial charge in [-0.1, -0.05) is 26.0 Å². The van der Waals surface area contributed by atoms with Gasteiger partial charge in [-0.05, 0) is 25.1 Å². The average molecular weight is 455 g/mol. The minimum Gasteiger partial charge on any atom is -0.280 e. The molecule has 1 aromatic carbocycles. The molecule has 0 radical (unpaired) electrons. The van der Waals surface area contributed by atoms with E-state index in [0.717, 1.165) is 26.8 Å². The van der Waals surface area contributed by atoms with E-state index in [-0.39, 0.29) is 10.8 Å². The lowest BCUT2D eigenvalue weighted by atomic mass is 10.1. The Morgan fingerprint density at radius 3 is 2.65 bits per heavy atom. The first-order valence-corrected chi connectivity index (χ1v) is 12.0. The molecule has 0 saturated carbocycles. The minimum absolute atomic E-state index is 0.105. The van der Waals surface area contributed by atoms with Crippen LogP contribution in [-0.4, -0.2) is 33.2 Å². The first-order valence-electron chi connectivity index (χ1n) is 9.65. The smallest absolute Gasteiger partial charge is 0.265 e. The van der Waals surface area contributed by atoms with Gasteiger partial charge in [-0.3, -0.25) is 9.40 Å². The van der Waals surface area contributed by atoms with Gasteiger partial charge in [-0.2, -0.15) is 5.10 Å². The van der Waals surface area contributed by atoms with Crippen LogP contribution in [-0.2, 0) is 17.1 Å². The number of hydrogen-bond acceptors (Lipinski definition) is 7. The van der Waals surface area contributed by atoms with Crippen molar-refractivity contribution >= 4 is 27.0 Å². The van der Waals surface area contributed by atoms with Gasteiger partial charge in [0.05, 0.1) is 27.5 Å². The van der Waals surface area contributed by atoms with Gasteiger partial charge in [0.2, 0.25) is 0 Å². The van der Waals surface area contributed by atoms with Gasteiger partial charge in [0.1, 0.15) is 10.7 Å². The third-order valence-corrected chi connectivity index (χ3v) is 7.24. The number of benzene rings is 1. The van der Waals surface area contributed by atoms with E-state index in [1.165, 1.54) is 17.1 Å². The maximum absolute atomic E-state index is 12.7.